The molecule has 0 aromatic heterocycles. The van der Waals surface area contributed by atoms with E-state index in [0.717, 1.165) is 37.4 Å². The highest BCUT2D eigenvalue weighted by Gasteiger charge is 2.52. The molecule has 0 aliphatic heterocycles. The van der Waals surface area contributed by atoms with Gasteiger partial charge in [0.2, 0.25) is 0 Å². The summed E-state index contributed by atoms with van der Waals surface area (Å²) in [7, 11) is -3.74. The van der Waals surface area contributed by atoms with Crippen LogP contribution in [0.2, 0.25) is 0 Å². The van der Waals surface area contributed by atoms with Crippen molar-refractivity contribution >= 4 is 20.8 Å². The Balaban J connectivity index is 4.27. The molecule has 0 radical (unpaired) electrons. The van der Waals surface area contributed by atoms with Gasteiger partial charge < -0.3 is 8.85 Å². The SMILES string of the molecule is CCCCCCCCCCCCCCCCCCO[Si](OOCC)(OOCC)OC(CCCCCCC)SC#N. The predicted molar refractivity (Wildman–Crippen MR) is 168 cm³/mol. The highest BCUT2D eigenvalue weighted by Crippen LogP contribution is 2.26. The van der Waals surface area contributed by atoms with E-state index in [1.165, 1.54) is 109 Å². The van der Waals surface area contributed by atoms with Crippen LogP contribution in [-0.4, -0.2) is 34.3 Å². The maximum Gasteiger partial charge on any atom is 0.737 e. The zero-order valence-electron chi connectivity index (χ0n) is 26.6. The second-order valence-electron chi connectivity index (χ2n) is 10.6. The van der Waals surface area contributed by atoms with Crippen LogP contribution in [0.3, 0.4) is 0 Å². The summed E-state index contributed by atoms with van der Waals surface area (Å²) in [6.07, 6.45) is 27.5. The van der Waals surface area contributed by atoms with E-state index in [9.17, 15) is 5.26 Å². The molecule has 0 saturated heterocycles. The van der Waals surface area contributed by atoms with Crippen LogP contribution in [0.4, 0.5) is 0 Å². The van der Waals surface area contributed by atoms with E-state index in [-0.39, 0.29) is 0 Å². The minimum absolute atomic E-state index is 0.322. The van der Waals surface area contributed by atoms with Crippen molar-refractivity contribution in [3.05, 3.63) is 0 Å². The van der Waals surface area contributed by atoms with Crippen LogP contribution in [0, 0.1) is 10.7 Å². The van der Waals surface area contributed by atoms with Crippen LogP contribution in [0.1, 0.15) is 169 Å². The van der Waals surface area contributed by atoms with Gasteiger partial charge in [0.15, 0.2) is 0 Å². The number of thioether (sulfide) groups is 1. The van der Waals surface area contributed by atoms with Crippen LogP contribution < -0.4 is 0 Å². The average Bonchev–Trinajstić information content (AvgIpc) is 2.96. The van der Waals surface area contributed by atoms with Crippen LogP contribution in [-0.2, 0) is 27.8 Å². The van der Waals surface area contributed by atoms with Crippen LogP contribution in [0.5, 0.6) is 0 Å². The van der Waals surface area contributed by atoms with Gasteiger partial charge in [-0.25, -0.2) is 9.78 Å². The van der Waals surface area contributed by atoms with Gasteiger partial charge in [0.05, 0.1) is 13.2 Å². The third-order valence-corrected chi connectivity index (χ3v) is 9.48. The topological polar surface area (TPSA) is 79.2 Å². The molecule has 9 heteroatoms. The summed E-state index contributed by atoms with van der Waals surface area (Å²) in [6.45, 7) is 9.21. The lowest BCUT2D eigenvalue weighted by atomic mass is 10.0. The van der Waals surface area contributed by atoms with Gasteiger partial charge in [-0.1, -0.05) is 136 Å². The predicted octanol–water partition coefficient (Wildman–Crippen LogP) is 10.6. The van der Waals surface area contributed by atoms with Crippen LogP contribution in [0.25, 0.3) is 0 Å². The number of nitriles is 1. The smallest absolute Gasteiger partial charge is 0.349 e. The molecule has 0 heterocycles. The number of hydrogen-bond acceptors (Lipinski definition) is 8. The molecule has 7 nitrogen and oxygen atoms in total. The zero-order chi connectivity index (χ0) is 29.4. The first-order valence-corrected chi connectivity index (χ1v) is 19.2. The standard InChI is InChI=1S/C31H63NO6SSi/c1-5-9-11-13-14-15-16-17-18-19-20-21-22-23-25-27-29-35-40(37-33-7-3,38-34-8-4)36-31(39-30-32)28-26-24-12-10-6-2/h31H,5-29H2,1-4H3. The summed E-state index contributed by atoms with van der Waals surface area (Å²) < 4.78 is 23.4. The third kappa shape index (κ3) is 25.5. The maximum atomic E-state index is 9.32. The van der Waals surface area contributed by atoms with Gasteiger partial charge in [-0.3, -0.25) is 0 Å². The number of unbranched alkanes of at least 4 members (excludes halogenated alkanes) is 19. The number of hydrogen-bond donors (Lipinski definition) is 0. The Morgan fingerprint density at radius 3 is 1.38 bits per heavy atom. The minimum Gasteiger partial charge on any atom is -0.349 e. The molecule has 0 rings (SSSR count). The Morgan fingerprint density at radius 1 is 0.575 bits per heavy atom. The Hall–Kier alpha value is -0.183. The molecule has 0 bridgehead atoms. The molecule has 238 valence electrons. The first-order valence-electron chi connectivity index (χ1n) is 16.7. The second-order valence-corrected chi connectivity index (χ2v) is 13.4. The van der Waals surface area contributed by atoms with Gasteiger partial charge in [0.25, 0.3) is 0 Å². The number of nitrogens with zero attached hydrogens (tertiary/aromatic N) is 1. The van der Waals surface area contributed by atoms with Gasteiger partial charge in [0, 0.05) is 6.61 Å². The molecule has 1 atom stereocenters. The van der Waals surface area contributed by atoms with E-state index < -0.39 is 14.5 Å². The van der Waals surface area contributed by atoms with Gasteiger partial charge in [-0.2, -0.15) is 14.4 Å². The van der Waals surface area contributed by atoms with Gasteiger partial charge in [0.1, 0.15) is 10.8 Å². The van der Waals surface area contributed by atoms with E-state index in [4.69, 9.17) is 27.8 Å². The van der Waals surface area contributed by atoms with Crippen molar-refractivity contribution in [3.63, 3.8) is 0 Å². The molecule has 0 spiro atoms. The molecular formula is C31H63NO6SSi. The lowest BCUT2D eigenvalue weighted by Crippen LogP contribution is -2.51. The minimum atomic E-state index is -3.74. The Morgan fingerprint density at radius 2 is 0.975 bits per heavy atom. The van der Waals surface area contributed by atoms with Crippen molar-refractivity contribution in [2.24, 2.45) is 0 Å². The van der Waals surface area contributed by atoms with Crippen molar-refractivity contribution in [2.45, 2.75) is 174 Å². The van der Waals surface area contributed by atoms with Crippen molar-refractivity contribution in [3.8, 4) is 5.40 Å². The number of rotatable bonds is 33. The van der Waals surface area contributed by atoms with Gasteiger partial charge in [-0.15, -0.1) is 0 Å². The summed E-state index contributed by atoms with van der Waals surface area (Å²) in [4.78, 5) is 10.5. The average molecular weight is 606 g/mol. The van der Waals surface area contributed by atoms with E-state index in [1.807, 2.05) is 13.8 Å². The molecule has 0 amide bonds. The second kappa shape index (κ2) is 31.7. The fraction of sp³-hybridized carbons (Fsp3) is 0.968. The third-order valence-electron chi connectivity index (χ3n) is 6.84. The largest absolute Gasteiger partial charge is 0.737 e. The Labute approximate surface area is 253 Å². The molecule has 0 N–H and O–H groups in total. The molecule has 0 aliphatic rings. The van der Waals surface area contributed by atoms with Crippen LogP contribution in [0.15, 0.2) is 0 Å². The van der Waals surface area contributed by atoms with E-state index in [0.29, 0.717) is 26.2 Å². The fourth-order valence-electron chi connectivity index (χ4n) is 4.52. The Bertz CT molecular complexity index is 546. The normalized spacial score (nSPS) is 12.6. The molecule has 40 heavy (non-hydrogen) atoms. The van der Waals surface area contributed by atoms with Crippen molar-refractivity contribution in [1.29, 1.82) is 5.26 Å². The maximum absolute atomic E-state index is 9.32. The molecule has 1 unspecified atom stereocenters. The summed E-state index contributed by atoms with van der Waals surface area (Å²) in [5.74, 6) is 0. The fourth-order valence-corrected chi connectivity index (χ4v) is 7.10. The lowest BCUT2D eigenvalue weighted by molar-refractivity contribution is -0.338. The van der Waals surface area contributed by atoms with E-state index >= 15 is 0 Å². The van der Waals surface area contributed by atoms with Crippen molar-refractivity contribution in [2.75, 3.05) is 19.8 Å². The van der Waals surface area contributed by atoms with E-state index in [2.05, 4.69) is 19.2 Å². The zero-order valence-corrected chi connectivity index (χ0v) is 28.4. The lowest BCUT2D eigenvalue weighted by Gasteiger charge is -2.28. The van der Waals surface area contributed by atoms with Crippen molar-refractivity contribution < 1.29 is 27.8 Å². The number of thiocyanates is 1. The molecule has 0 aliphatic carbocycles. The molecular weight excluding hydrogens is 542 g/mol. The molecule has 0 aromatic carbocycles. The molecule has 0 saturated carbocycles. The molecule has 0 fully saturated rings. The van der Waals surface area contributed by atoms with Crippen molar-refractivity contribution in [1.82, 2.24) is 0 Å². The van der Waals surface area contributed by atoms with E-state index in [1.54, 1.807) is 0 Å². The first kappa shape index (κ1) is 39.8. The summed E-state index contributed by atoms with van der Waals surface area (Å²) in [5, 5.41) is 11.5. The van der Waals surface area contributed by atoms with Crippen LogP contribution >= 0.6 is 11.8 Å². The highest BCUT2D eigenvalue weighted by atomic mass is 32.2. The first-order chi connectivity index (χ1) is 19.7. The summed E-state index contributed by atoms with van der Waals surface area (Å²) in [5.41, 5.74) is -0.426. The highest BCUT2D eigenvalue weighted by molar-refractivity contribution is 8.04. The Kier molecular flexibility index (Phi) is 31.6. The summed E-state index contributed by atoms with van der Waals surface area (Å²) >= 11 is 1.07. The molecule has 0 aromatic rings. The van der Waals surface area contributed by atoms with Gasteiger partial charge in [-0.05, 0) is 44.9 Å². The summed E-state index contributed by atoms with van der Waals surface area (Å²) in [6, 6.07) is 0. The quantitative estimate of drug-likeness (QED) is 0.0182. The monoisotopic (exact) mass is 605 g/mol. The van der Waals surface area contributed by atoms with Gasteiger partial charge >= 0.3 is 9.05 Å².